The van der Waals surface area contributed by atoms with Crippen LogP contribution in [0.25, 0.3) is 0 Å². The molecule has 0 N–H and O–H groups in total. The Morgan fingerprint density at radius 3 is 2.06 bits per heavy atom. The highest BCUT2D eigenvalue weighted by Gasteiger charge is 2.00. The molecule has 1 nitrogen and oxygen atoms in total. The van der Waals surface area contributed by atoms with Gasteiger partial charge in [-0.25, -0.2) is 0 Å². The van der Waals surface area contributed by atoms with Crippen LogP contribution in [0.4, 0.5) is 0 Å². The highest BCUT2D eigenvalue weighted by molar-refractivity contribution is 6.06. The Morgan fingerprint density at radius 1 is 0.941 bits per heavy atom. The Hall–Kier alpha value is -2.15. The van der Waals surface area contributed by atoms with Crippen LogP contribution in [-0.4, -0.2) is 5.78 Å². The number of hydrogen-bond acceptors (Lipinski definition) is 1. The van der Waals surface area contributed by atoms with E-state index in [1.54, 1.807) is 42.5 Å². The molecule has 0 aliphatic rings. The predicted molar refractivity (Wildman–Crippen MR) is 75.7 cm³/mol. The van der Waals surface area contributed by atoms with Gasteiger partial charge in [0.05, 0.1) is 0 Å². The molecular weight excluding hydrogens is 208 g/mol. The molecule has 0 aromatic heterocycles. The van der Waals surface area contributed by atoms with Crippen LogP contribution < -0.4 is 0 Å². The monoisotopic (exact) mass is 226 g/mol. The van der Waals surface area contributed by atoms with Gasteiger partial charge < -0.3 is 0 Å². The first-order valence-corrected chi connectivity index (χ1v) is 5.32. The molecule has 17 heavy (non-hydrogen) atoms. The zero-order valence-electron chi connectivity index (χ0n) is 10.2. The predicted octanol–water partition coefficient (Wildman–Crippen LogP) is 4.10. The Kier molecular flexibility index (Phi) is 7.95. The average molecular weight is 226 g/mol. The summed E-state index contributed by atoms with van der Waals surface area (Å²) in [5.41, 5.74) is 1.44. The van der Waals surface area contributed by atoms with Gasteiger partial charge in [-0.05, 0) is 18.6 Å². The van der Waals surface area contributed by atoms with E-state index in [9.17, 15) is 4.79 Å². The van der Waals surface area contributed by atoms with Crippen molar-refractivity contribution in [2.75, 3.05) is 0 Å². The van der Waals surface area contributed by atoms with Crippen LogP contribution in [0.5, 0.6) is 0 Å². The van der Waals surface area contributed by atoms with Crippen molar-refractivity contribution in [2.24, 2.45) is 0 Å². The summed E-state index contributed by atoms with van der Waals surface area (Å²) in [6.07, 6.45) is 15.1. The minimum atomic E-state index is -0.0696. The first-order valence-electron chi connectivity index (χ1n) is 5.32. The summed E-state index contributed by atoms with van der Waals surface area (Å²) in [4.78, 5) is 11.8. The number of allylic oxidation sites excluding steroid dienone is 11. The van der Waals surface area contributed by atoms with Crippen LogP contribution in [-0.2, 0) is 4.79 Å². The third-order valence-electron chi connectivity index (χ3n) is 1.90. The Balaban J connectivity index is 4.94. The van der Waals surface area contributed by atoms with Gasteiger partial charge in [0.2, 0.25) is 0 Å². The molecule has 0 aromatic rings. The van der Waals surface area contributed by atoms with E-state index in [0.717, 1.165) is 5.57 Å². The maximum Gasteiger partial charge on any atom is 0.185 e. The van der Waals surface area contributed by atoms with Gasteiger partial charge in [0.25, 0.3) is 0 Å². The van der Waals surface area contributed by atoms with E-state index in [0.29, 0.717) is 5.57 Å². The van der Waals surface area contributed by atoms with E-state index >= 15 is 0 Å². The number of carbonyl (C=O) groups excluding carboxylic acids is 1. The van der Waals surface area contributed by atoms with E-state index in [-0.39, 0.29) is 5.78 Å². The van der Waals surface area contributed by atoms with Crippen molar-refractivity contribution in [1.82, 2.24) is 0 Å². The third-order valence-corrected chi connectivity index (χ3v) is 1.90. The summed E-state index contributed by atoms with van der Waals surface area (Å²) in [6, 6.07) is 0. The van der Waals surface area contributed by atoms with E-state index in [2.05, 4.69) is 19.7 Å². The van der Waals surface area contributed by atoms with Crippen LogP contribution >= 0.6 is 0 Å². The van der Waals surface area contributed by atoms with Gasteiger partial charge in [0.15, 0.2) is 5.78 Å². The van der Waals surface area contributed by atoms with Crippen molar-refractivity contribution in [3.05, 3.63) is 85.6 Å². The molecule has 1 heteroatoms. The average Bonchev–Trinajstić information content (AvgIpc) is 2.33. The van der Waals surface area contributed by atoms with E-state index in [1.165, 1.54) is 6.08 Å². The highest BCUT2D eigenvalue weighted by Crippen LogP contribution is 2.04. The summed E-state index contributed by atoms with van der Waals surface area (Å²) in [5.74, 6) is -0.0696. The molecular formula is C16H18O. The lowest BCUT2D eigenvalue weighted by Gasteiger charge is -1.95. The molecule has 0 unspecified atom stereocenters. The summed E-state index contributed by atoms with van der Waals surface area (Å²) in [6.45, 7) is 12.7. The molecule has 0 amide bonds. The number of rotatable bonds is 7. The fourth-order valence-electron chi connectivity index (χ4n) is 1.12. The molecule has 0 atom stereocenters. The minimum Gasteiger partial charge on any atom is -0.289 e. The van der Waals surface area contributed by atoms with Crippen molar-refractivity contribution >= 4 is 5.78 Å². The second kappa shape index (κ2) is 9.10. The van der Waals surface area contributed by atoms with Crippen molar-refractivity contribution < 1.29 is 4.79 Å². The van der Waals surface area contributed by atoms with Crippen LogP contribution in [0.15, 0.2) is 85.6 Å². The normalized spacial score (nSPS) is 13.0. The smallest absolute Gasteiger partial charge is 0.185 e. The van der Waals surface area contributed by atoms with Crippen molar-refractivity contribution in [1.29, 1.82) is 0 Å². The Labute approximate surface area is 104 Å². The first-order chi connectivity index (χ1) is 8.19. The maximum absolute atomic E-state index is 11.8. The number of hydrogen-bond donors (Lipinski definition) is 0. The zero-order chi connectivity index (χ0) is 13.1. The summed E-state index contributed by atoms with van der Waals surface area (Å²) < 4.78 is 0. The first kappa shape index (κ1) is 14.8. The molecule has 0 fully saturated rings. The fourth-order valence-corrected chi connectivity index (χ4v) is 1.12. The highest BCUT2D eigenvalue weighted by atomic mass is 16.1. The third kappa shape index (κ3) is 6.10. The molecule has 0 aromatic carbocycles. The van der Waals surface area contributed by atoms with Crippen LogP contribution in [0.1, 0.15) is 6.92 Å². The van der Waals surface area contributed by atoms with Gasteiger partial charge in [-0.15, -0.1) is 0 Å². The second-order valence-corrected chi connectivity index (χ2v) is 3.16. The van der Waals surface area contributed by atoms with Gasteiger partial charge in [-0.3, -0.25) is 4.79 Å². The van der Waals surface area contributed by atoms with Gasteiger partial charge >= 0.3 is 0 Å². The molecule has 0 spiro atoms. The van der Waals surface area contributed by atoms with Gasteiger partial charge in [0, 0.05) is 5.57 Å². The molecule has 88 valence electrons. The topological polar surface area (TPSA) is 17.1 Å². The largest absolute Gasteiger partial charge is 0.289 e. The molecule has 0 saturated carbocycles. The lowest BCUT2D eigenvalue weighted by atomic mass is 10.1. The van der Waals surface area contributed by atoms with Crippen LogP contribution in [0.3, 0.4) is 0 Å². The van der Waals surface area contributed by atoms with E-state index in [4.69, 9.17) is 0 Å². The fraction of sp³-hybridized carbons (Fsp3) is 0.0625. The lowest BCUT2D eigenvalue weighted by Crippen LogP contribution is -1.95. The molecule has 0 bridgehead atoms. The van der Waals surface area contributed by atoms with E-state index < -0.39 is 0 Å². The second-order valence-electron chi connectivity index (χ2n) is 3.16. The summed E-state index contributed by atoms with van der Waals surface area (Å²) in [7, 11) is 0. The molecule has 0 saturated heterocycles. The molecule has 0 heterocycles. The number of carbonyl (C=O) groups is 1. The van der Waals surface area contributed by atoms with Crippen molar-refractivity contribution in [2.45, 2.75) is 6.92 Å². The van der Waals surface area contributed by atoms with Crippen LogP contribution in [0, 0.1) is 0 Å². The Morgan fingerprint density at radius 2 is 1.59 bits per heavy atom. The van der Waals surface area contributed by atoms with Gasteiger partial charge in [-0.2, -0.15) is 0 Å². The van der Waals surface area contributed by atoms with Crippen molar-refractivity contribution in [3.8, 4) is 0 Å². The quantitative estimate of drug-likeness (QED) is 0.472. The molecule has 0 rings (SSSR count). The summed E-state index contributed by atoms with van der Waals surface area (Å²) >= 11 is 0. The Bertz CT molecular complexity index is 415. The SMILES string of the molecule is C=C/C=C(C=C)/C=C/C(=O)C(/C=C\C)=C/C=C. The molecule has 0 aliphatic carbocycles. The maximum atomic E-state index is 11.8. The van der Waals surface area contributed by atoms with Gasteiger partial charge in [-0.1, -0.05) is 68.3 Å². The van der Waals surface area contributed by atoms with Crippen molar-refractivity contribution in [3.63, 3.8) is 0 Å². The molecule has 0 radical (unpaired) electrons. The standard InChI is InChI=1S/C16H18O/c1-5-9-14(8-4)12-13-16(17)15(10-6-2)11-7-3/h5-13H,1-2,4H2,3H3/b11-7-,13-12+,14-9+,15-10+. The zero-order valence-corrected chi connectivity index (χ0v) is 10.2. The van der Waals surface area contributed by atoms with E-state index in [1.807, 2.05) is 13.0 Å². The van der Waals surface area contributed by atoms with Crippen LogP contribution in [0.2, 0.25) is 0 Å². The minimum absolute atomic E-state index is 0.0696. The summed E-state index contributed by atoms with van der Waals surface area (Å²) in [5, 5.41) is 0. The molecule has 0 aliphatic heterocycles. The number of ketones is 1. The lowest BCUT2D eigenvalue weighted by molar-refractivity contribution is -0.111. The van der Waals surface area contributed by atoms with Gasteiger partial charge in [0.1, 0.15) is 0 Å².